The second-order valence-corrected chi connectivity index (χ2v) is 2.83. The Morgan fingerprint density at radius 3 is 2.79 bits per heavy atom. The van der Waals surface area contributed by atoms with E-state index in [0.29, 0.717) is 11.6 Å². The smallest absolute Gasteiger partial charge is 0.226 e. The summed E-state index contributed by atoms with van der Waals surface area (Å²) in [6, 6.07) is 9.54. The molecule has 0 atom stereocenters. The topological polar surface area (TPSA) is 43.1 Å². The van der Waals surface area contributed by atoms with E-state index in [1.807, 2.05) is 30.3 Å². The van der Waals surface area contributed by atoms with E-state index in [-0.39, 0.29) is 6.42 Å². The fourth-order valence-electron chi connectivity index (χ4n) is 1.18. The highest BCUT2D eigenvalue weighted by atomic mass is 16.3. The van der Waals surface area contributed by atoms with E-state index >= 15 is 0 Å². The van der Waals surface area contributed by atoms with Gasteiger partial charge in [0, 0.05) is 5.56 Å². The Labute approximate surface area is 81.4 Å². The van der Waals surface area contributed by atoms with Gasteiger partial charge in [-0.15, -0.1) is 0 Å². The fourth-order valence-corrected chi connectivity index (χ4v) is 1.18. The van der Waals surface area contributed by atoms with Gasteiger partial charge in [-0.05, 0) is 12.1 Å². The molecule has 0 saturated carbocycles. The monoisotopic (exact) mass is 186 g/mol. The van der Waals surface area contributed by atoms with E-state index in [4.69, 9.17) is 4.42 Å². The Morgan fingerprint density at radius 2 is 2.07 bits per heavy atom. The third kappa shape index (κ3) is 1.71. The van der Waals surface area contributed by atoms with Gasteiger partial charge >= 0.3 is 0 Å². The summed E-state index contributed by atoms with van der Waals surface area (Å²) < 4.78 is 5.21. The lowest BCUT2D eigenvalue weighted by Gasteiger charge is -1.91. The zero-order chi connectivity index (χ0) is 9.80. The summed E-state index contributed by atoms with van der Waals surface area (Å²) in [6.45, 7) is 0. The van der Waals surface area contributed by atoms with Crippen LogP contribution >= 0.6 is 0 Å². The predicted octanol–water partition coefficient (Wildman–Crippen LogP) is 1.99. The van der Waals surface area contributed by atoms with Crippen LogP contribution in [0.4, 0.5) is 0 Å². The average molecular weight is 186 g/mol. The molecule has 1 heterocycles. The quantitative estimate of drug-likeness (QED) is 0.736. The molecule has 1 aromatic heterocycles. The van der Waals surface area contributed by atoms with Gasteiger partial charge < -0.3 is 4.42 Å². The first-order chi connectivity index (χ1) is 6.90. The molecule has 0 saturated heterocycles. The third-order valence-electron chi connectivity index (χ3n) is 1.83. The van der Waals surface area contributed by atoms with Crippen LogP contribution in [0.3, 0.4) is 0 Å². The highest BCUT2D eigenvalue weighted by molar-refractivity contribution is 5.56. The minimum Gasteiger partial charge on any atom is -0.444 e. The second kappa shape index (κ2) is 3.87. The summed E-state index contributed by atoms with van der Waals surface area (Å²) in [6.07, 6.45) is 3.43. The van der Waals surface area contributed by atoms with Crippen LogP contribution in [0.2, 0.25) is 0 Å². The van der Waals surface area contributed by atoms with E-state index in [0.717, 1.165) is 5.56 Å². The number of rotatable bonds is 3. The SMILES string of the molecule is O=[C]Cc1coc(-c2ccccc2)n1. The van der Waals surface area contributed by atoms with Crippen molar-refractivity contribution in [2.75, 3.05) is 0 Å². The first-order valence-corrected chi connectivity index (χ1v) is 4.25. The number of nitrogens with zero attached hydrogens (tertiary/aromatic N) is 1. The van der Waals surface area contributed by atoms with Crippen molar-refractivity contribution in [2.24, 2.45) is 0 Å². The Kier molecular flexibility index (Phi) is 2.40. The average Bonchev–Trinajstić information content (AvgIpc) is 2.68. The summed E-state index contributed by atoms with van der Waals surface area (Å²) in [5.74, 6) is 0.538. The van der Waals surface area contributed by atoms with Crippen molar-refractivity contribution in [3.8, 4) is 11.5 Å². The van der Waals surface area contributed by atoms with Gasteiger partial charge in [-0.2, -0.15) is 0 Å². The highest BCUT2D eigenvalue weighted by Gasteiger charge is 2.04. The normalized spacial score (nSPS) is 10.0. The van der Waals surface area contributed by atoms with Crippen molar-refractivity contribution in [3.63, 3.8) is 0 Å². The number of carbonyl (C=O) groups excluding carboxylic acids is 1. The molecule has 0 bridgehead atoms. The Balaban J connectivity index is 2.29. The molecule has 2 rings (SSSR count). The van der Waals surface area contributed by atoms with Crippen LogP contribution in [-0.4, -0.2) is 11.3 Å². The molecule has 3 nitrogen and oxygen atoms in total. The van der Waals surface area contributed by atoms with E-state index < -0.39 is 0 Å². The van der Waals surface area contributed by atoms with E-state index in [9.17, 15) is 4.79 Å². The molecule has 0 aliphatic carbocycles. The van der Waals surface area contributed by atoms with Gasteiger partial charge in [0.15, 0.2) is 0 Å². The van der Waals surface area contributed by atoms with Crippen molar-refractivity contribution in [2.45, 2.75) is 6.42 Å². The van der Waals surface area contributed by atoms with Crippen molar-refractivity contribution in [1.82, 2.24) is 4.98 Å². The first kappa shape index (κ1) is 8.69. The summed E-state index contributed by atoms with van der Waals surface area (Å²) >= 11 is 0. The van der Waals surface area contributed by atoms with Gasteiger partial charge in [0.2, 0.25) is 12.2 Å². The lowest BCUT2D eigenvalue weighted by Crippen LogP contribution is -1.85. The number of hydrogen-bond donors (Lipinski definition) is 0. The molecule has 0 aliphatic rings. The zero-order valence-corrected chi connectivity index (χ0v) is 7.43. The Morgan fingerprint density at radius 1 is 1.29 bits per heavy atom. The molecular formula is C11H8NO2. The number of oxazole rings is 1. The van der Waals surface area contributed by atoms with Crippen LogP contribution in [0.5, 0.6) is 0 Å². The van der Waals surface area contributed by atoms with E-state index in [2.05, 4.69) is 4.98 Å². The molecule has 69 valence electrons. The molecule has 0 spiro atoms. The molecule has 0 amide bonds. The van der Waals surface area contributed by atoms with Gasteiger partial charge in [-0.3, -0.25) is 4.79 Å². The molecule has 0 aliphatic heterocycles. The summed E-state index contributed by atoms with van der Waals surface area (Å²) in [7, 11) is 0. The summed E-state index contributed by atoms with van der Waals surface area (Å²) in [5, 5.41) is 0. The van der Waals surface area contributed by atoms with Crippen LogP contribution in [0.15, 0.2) is 41.0 Å². The maximum atomic E-state index is 10.1. The molecule has 0 N–H and O–H groups in total. The van der Waals surface area contributed by atoms with Crippen molar-refractivity contribution in [3.05, 3.63) is 42.3 Å². The molecule has 1 radical (unpaired) electrons. The summed E-state index contributed by atoms with van der Waals surface area (Å²) in [4.78, 5) is 14.3. The number of aromatic nitrogens is 1. The second-order valence-electron chi connectivity index (χ2n) is 2.83. The maximum absolute atomic E-state index is 10.1. The Hall–Kier alpha value is -1.90. The number of hydrogen-bond acceptors (Lipinski definition) is 3. The third-order valence-corrected chi connectivity index (χ3v) is 1.83. The molecule has 0 unspecified atom stereocenters. The molecule has 1 aromatic carbocycles. The summed E-state index contributed by atoms with van der Waals surface area (Å²) in [5.41, 5.74) is 1.52. The van der Waals surface area contributed by atoms with Crippen molar-refractivity contribution >= 4 is 6.29 Å². The van der Waals surface area contributed by atoms with Gasteiger partial charge in [0.1, 0.15) is 6.26 Å². The molecule has 0 fully saturated rings. The minimum absolute atomic E-state index is 0.177. The minimum atomic E-state index is 0.177. The van der Waals surface area contributed by atoms with Crippen molar-refractivity contribution in [1.29, 1.82) is 0 Å². The van der Waals surface area contributed by atoms with E-state index in [1.54, 1.807) is 6.29 Å². The predicted molar refractivity (Wildman–Crippen MR) is 51.3 cm³/mol. The lowest BCUT2D eigenvalue weighted by molar-refractivity contribution is 0.553. The standard InChI is InChI=1S/C11H8NO2/c13-7-6-10-8-14-11(12-10)9-4-2-1-3-5-9/h1-5,8H,6H2. The first-order valence-electron chi connectivity index (χ1n) is 4.25. The van der Waals surface area contributed by atoms with Crippen LogP contribution < -0.4 is 0 Å². The fraction of sp³-hybridized carbons (Fsp3) is 0.0909. The Bertz CT molecular complexity index is 420. The molecule has 2 aromatic rings. The zero-order valence-electron chi connectivity index (χ0n) is 7.43. The highest BCUT2D eigenvalue weighted by Crippen LogP contribution is 2.17. The molecular weight excluding hydrogens is 178 g/mol. The van der Waals surface area contributed by atoms with Crippen molar-refractivity contribution < 1.29 is 9.21 Å². The lowest BCUT2D eigenvalue weighted by atomic mass is 10.2. The number of benzene rings is 1. The van der Waals surface area contributed by atoms with Crippen LogP contribution in [-0.2, 0) is 11.2 Å². The van der Waals surface area contributed by atoms with E-state index in [1.165, 1.54) is 6.26 Å². The molecule has 3 heteroatoms. The maximum Gasteiger partial charge on any atom is 0.226 e. The van der Waals surface area contributed by atoms with Gasteiger partial charge in [-0.25, -0.2) is 4.98 Å². The van der Waals surface area contributed by atoms with Crippen LogP contribution in [0.25, 0.3) is 11.5 Å². The van der Waals surface area contributed by atoms with Crippen LogP contribution in [0.1, 0.15) is 5.69 Å². The van der Waals surface area contributed by atoms with Gasteiger partial charge in [0.25, 0.3) is 0 Å². The van der Waals surface area contributed by atoms with Crippen LogP contribution in [0, 0.1) is 0 Å². The van der Waals surface area contributed by atoms with Gasteiger partial charge in [0.05, 0.1) is 12.1 Å². The van der Waals surface area contributed by atoms with Gasteiger partial charge in [-0.1, -0.05) is 18.2 Å². The molecule has 14 heavy (non-hydrogen) atoms. The largest absolute Gasteiger partial charge is 0.444 e.